The van der Waals surface area contributed by atoms with E-state index in [1.165, 1.54) is 19.1 Å². The van der Waals surface area contributed by atoms with Gasteiger partial charge in [0.05, 0.1) is 17.1 Å². The fourth-order valence-electron chi connectivity index (χ4n) is 1.30. The zero-order chi connectivity index (χ0) is 14.0. The third-order valence-corrected chi connectivity index (χ3v) is 4.21. The van der Waals surface area contributed by atoms with Crippen LogP contribution < -0.4 is 4.72 Å². The minimum atomic E-state index is -3.73. The normalized spacial score (nSPS) is 15.4. The molecule has 0 aliphatic heterocycles. The maximum Gasteiger partial charge on any atom is 0.240 e. The lowest BCUT2D eigenvalue weighted by molar-refractivity contribution is 0.00681. The first-order valence-electron chi connectivity index (χ1n) is 5.27. The minimum Gasteiger partial charge on any atom is -0.393 e. The van der Waals surface area contributed by atoms with Gasteiger partial charge < -0.3 is 10.2 Å². The molecule has 1 aromatic carbocycles. The number of halogens is 1. The van der Waals surface area contributed by atoms with E-state index in [0.29, 0.717) is 10.6 Å². The van der Waals surface area contributed by atoms with E-state index in [4.69, 9.17) is 16.7 Å². The lowest BCUT2D eigenvalue weighted by atomic mass is 10.1. The monoisotopic (exact) mass is 293 g/mol. The average molecular weight is 294 g/mol. The Bertz CT molecular complexity index is 528. The SMILES string of the molecule is Cc1cc(Cl)ccc1S(=O)(=O)NCC(C)(O)CO. The van der Waals surface area contributed by atoms with E-state index >= 15 is 0 Å². The molecule has 1 aromatic rings. The van der Waals surface area contributed by atoms with Crippen LogP contribution in [0.4, 0.5) is 0 Å². The summed E-state index contributed by atoms with van der Waals surface area (Å²) >= 11 is 5.75. The summed E-state index contributed by atoms with van der Waals surface area (Å²) in [4.78, 5) is 0.0978. The van der Waals surface area contributed by atoms with E-state index in [0.717, 1.165) is 0 Å². The first-order chi connectivity index (χ1) is 8.18. The van der Waals surface area contributed by atoms with Crippen molar-refractivity contribution < 1.29 is 18.6 Å². The standard InChI is InChI=1S/C11H16ClNO4S/c1-8-5-9(12)3-4-10(8)18(16,17)13-6-11(2,15)7-14/h3-5,13-15H,6-7H2,1-2H3. The van der Waals surface area contributed by atoms with Gasteiger partial charge in [-0.15, -0.1) is 0 Å². The molecule has 7 heteroatoms. The first-order valence-corrected chi connectivity index (χ1v) is 7.13. The number of aliphatic hydroxyl groups is 2. The van der Waals surface area contributed by atoms with E-state index in [2.05, 4.69) is 4.72 Å². The van der Waals surface area contributed by atoms with Crippen LogP contribution in [0.2, 0.25) is 5.02 Å². The summed E-state index contributed by atoms with van der Waals surface area (Å²) in [7, 11) is -3.73. The van der Waals surface area contributed by atoms with Crippen molar-refractivity contribution in [2.45, 2.75) is 24.3 Å². The molecule has 0 saturated heterocycles. The third-order valence-electron chi connectivity index (χ3n) is 2.41. The Hall–Kier alpha value is -0.660. The van der Waals surface area contributed by atoms with Crippen LogP contribution in [0, 0.1) is 6.92 Å². The van der Waals surface area contributed by atoms with Gasteiger partial charge in [-0.05, 0) is 37.6 Å². The lowest BCUT2D eigenvalue weighted by Crippen LogP contribution is -2.43. The van der Waals surface area contributed by atoms with Crippen molar-refractivity contribution in [1.82, 2.24) is 4.72 Å². The number of benzene rings is 1. The second kappa shape index (κ2) is 5.54. The van der Waals surface area contributed by atoms with Gasteiger partial charge >= 0.3 is 0 Å². The molecule has 102 valence electrons. The van der Waals surface area contributed by atoms with E-state index in [-0.39, 0.29) is 11.4 Å². The Labute approximate surface area is 111 Å². The molecule has 0 spiro atoms. The van der Waals surface area contributed by atoms with Crippen LogP contribution in [-0.2, 0) is 10.0 Å². The highest BCUT2D eigenvalue weighted by atomic mass is 35.5. The summed E-state index contributed by atoms with van der Waals surface area (Å²) in [5.41, 5.74) is -0.980. The predicted octanol–water partition coefficient (Wildman–Crippen LogP) is 0.670. The van der Waals surface area contributed by atoms with Crippen molar-refractivity contribution in [2.75, 3.05) is 13.2 Å². The number of aliphatic hydroxyl groups excluding tert-OH is 1. The molecule has 0 aromatic heterocycles. The van der Waals surface area contributed by atoms with Crippen molar-refractivity contribution in [2.24, 2.45) is 0 Å². The van der Waals surface area contributed by atoms with Gasteiger partial charge in [0, 0.05) is 11.6 Å². The van der Waals surface area contributed by atoms with E-state index in [1.807, 2.05) is 0 Å². The number of nitrogens with one attached hydrogen (secondary N) is 1. The summed E-state index contributed by atoms with van der Waals surface area (Å²) in [5.74, 6) is 0. The van der Waals surface area contributed by atoms with Gasteiger partial charge in [-0.3, -0.25) is 0 Å². The Morgan fingerprint density at radius 3 is 2.56 bits per heavy atom. The van der Waals surface area contributed by atoms with Gasteiger partial charge in [0.2, 0.25) is 10.0 Å². The van der Waals surface area contributed by atoms with Crippen LogP contribution in [-0.4, -0.2) is 37.4 Å². The molecule has 0 aliphatic rings. The molecule has 18 heavy (non-hydrogen) atoms. The van der Waals surface area contributed by atoms with Crippen LogP contribution in [0.5, 0.6) is 0 Å². The number of hydrogen-bond acceptors (Lipinski definition) is 4. The largest absolute Gasteiger partial charge is 0.393 e. The molecule has 3 N–H and O–H groups in total. The highest BCUT2D eigenvalue weighted by Crippen LogP contribution is 2.19. The van der Waals surface area contributed by atoms with Crippen molar-refractivity contribution in [3.8, 4) is 0 Å². The van der Waals surface area contributed by atoms with Crippen molar-refractivity contribution in [1.29, 1.82) is 0 Å². The smallest absolute Gasteiger partial charge is 0.240 e. The zero-order valence-electron chi connectivity index (χ0n) is 10.1. The minimum absolute atomic E-state index is 0.0978. The molecular formula is C11H16ClNO4S. The molecule has 1 unspecified atom stereocenters. The lowest BCUT2D eigenvalue weighted by Gasteiger charge is -2.20. The molecule has 5 nitrogen and oxygen atoms in total. The van der Waals surface area contributed by atoms with Gasteiger partial charge in [0.1, 0.15) is 0 Å². The Kier molecular flexibility index (Phi) is 4.74. The highest BCUT2D eigenvalue weighted by Gasteiger charge is 2.24. The predicted molar refractivity (Wildman–Crippen MR) is 69.1 cm³/mol. The van der Waals surface area contributed by atoms with E-state index in [9.17, 15) is 13.5 Å². The Balaban J connectivity index is 2.94. The maximum atomic E-state index is 12.0. The van der Waals surface area contributed by atoms with E-state index < -0.39 is 22.2 Å². The van der Waals surface area contributed by atoms with Crippen LogP contribution in [0.15, 0.2) is 23.1 Å². The van der Waals surface area contributed by atoms with Crippen LogP contribution in [0.25, 0.3) is 0 Å². The molecule has 0 amide bonds. The topological polar surface area (TPSA) is 86.6 Å². The van der Waals surface area contributed by atoms with Gasteiger partial charge in [-0.25, -0.2) is 13.1 Å². The molecule has 0 radical (unpaired) electrons. The molecular weight excluding hydrogens is 278 g/mol. The number of rotatable bonds is 5. The van der Waals surface area contributed by atoms with Crippen molar-refractivity contribution >= 4 is 21.6 Å². The van der Waals surface area contributed by atoms with Crippen molar-refractivity contribution in [3.05, 3.63) is 28.8 Å². The maximum absolute atomic E-state index is 12.0. The van der Waals surface area contributed by atoms with Crippen molar-refractivity contribution in [3.63, 3.8) is 0 Å². The summed E-state index contributed by atoms with van der Waals surface area (Å²) in [5, 5.41) is 18.9. The first kappa shape index (κ1) is 15.4. The van der Waals surface area contributed by atoms with Crippen LogP contribution >= 0.6 is 11.6 Å². The third kappa shape index (κ3) is 3.93. The molecule has 0 heterocycles. The molecule has 1 rings (SSSR count). The van der Waals surface area contributed by atoms with Crippen LogP contribution in [0.3, 0.4) is 0 Å². The van der Waals surface area contributed by atoms with Gasteiger partial charge in [0.25, 0.3) is 0 Å². The summed E-state index contributed by atoms with van der Waals surface area (Å²) in [6.07, 6.45) is 0. The van der Waals surface area contributed by atoms with Crippen LogP contribution in [0.1, 0.15) is 12.5 Å². The summed E-state index contributed by atoms with van der Waals surface area (Å²) in [6, 6.07) is 4.42. The summed E-state index contributed by atoms with van der Waals surface area (Å²) in [6.45, 7) is 2.16. The molecule has 1 atom stereocenters. The highest BCUT2D eigenvalue weighted by molar-refractivity contribution is 7.89. The zero-order valence-corrected chi connectivity index (χ0v) is 11.7. The van der Waals surface area contributed by atoms with Gasteiger partial charge in [-0.1, -0.05) is 11.6 Å². The molecule has 0 aliphatic carbocycles. The fraction of sp³-hybridized carbons (Fsp3) is 0.455. The fourth-order valence-corrected chi connectivity index (χ4v) is 2.91. The number of hydrogen-bond donors (Lipinski definition) is 3. The molecule has 0 bridgehead atoms. The number of sulfonamides is 1. The quantitative estimate of drug-likeness (QED) is 0.745. The van der Waals surface area contributed by atoms with Gasteiger partial charge in [0.15, 0.2) is 0 Å². The second-order valence-electron chi connectivity index (χ2n) is 4.39. The Morgan fingerprint density at radius 1 is 1.44 bits per heavy atom. The second-order valence-corrected chi connectivity index (χ2v) is 6.56. The Morgan fingerprint density at radius 2 is 2.06 bits per heavy atom. The average Bonchev–Trinajstić information content (AvgIpc) is 2.26. The molecule has 0 saturated carbocycles. The molecule has 0 fully saturated rings. The number of aryl methyl sites for hydroxylation is 1. The summed E-state index contributed by atoms with van der Waals surface area (Å²) < 4.78 is 26.2. The van der Waals surface area contributed by atoms with Gasteiger partial charge in [-0.2, -0.15) is 0 Å². The van der Waals surface area contributed by atoms with E-state index in [1.54, 1.807) is 13.0 Å².